The molecule has 1 fully saturated rings. The molecule has 5 nitrogen and oxygen atoms in total. The van der Waals surface area contributed by atoms with Crippen LogP contribution >= 0.6 is 0 Å². The third-order valence-electron chi connectivity index (χ3n) is 6.47. The third kappa shape index (κ3) is 4.03. The van der Waals surface area contributed by atoms with E-state index in [1.807, 2.05) is 6.20 Å². The number of fused-ring (bicyclic) bond motifs is 1. The van der Waals surface area contributed by atoms with Crippen LogP contribution in [0.2, 0.25) is 0 Å². The number of nitrogens with zero attached hydrogens (tertiary/aromatic N) is 2. The summed E-state index contributed by atoms with van der Waals surface area (Å²) in [6.07, 6.45) is 2.16. The highest BCUT2D eigenvalue weighted by atomic mass is 16.5. The molecule has 2 aromatic carbocycles. The van der Waals surface area contributed by atoms with Gasteiger partial charge in [0.1, 0.15) is 5.82 Å². The van der Waals surface area contributed by atoms with E-state index in [0.29, 0.717) is 17.8 Å². The van der Waals surface area contributed by atoms with E-state index in [0.717, 1.165) is 55.0 Å². The van der Waals surface area contributed by atoms with Gasteiger partial charge in [0.2, 0.25) is 0 Å². The van der Waals surface area contributed by atoms with Crippen molar-refractivity contribution in [2.75, 3.05) is 30.3 Å². The van der Waals surface area contributed by atoms with Gasteiger partial charge in [-0.25, -0.2) is 4.98 Å². The minimum absolute atomic E-state index is 0.291. The lowest BCUT2D eigenvalue weighted by molar-refractivity contribution is 0.0114. The average molecular weight is 415 g/mol. The second-order valence-corrected chi connectivity index (χ2v) is 8.89. The van der Waals surface area contributed by atoms with Crippen LogP contribution < -0.4 is 16.0 Å². The first-order valence-corrected chi connectivity index (χ1v) is 11.1. The number of aromatic nitrogens is 1. The lowest BCUT2D eigenvalue weighted by Gasteiger charge is -2.36. The van der Waals surface area contributed by atoms with Crippen molar-refractivity contribution in [3.05, 3.63) is 65.9 Å². The number of rotatable bonds is 4. The highest BCUT2D eigenvalue weighted by Gasteiger charge is 2.23. The molecule has 31 heavy (non-hydrogen) atoms. The van der Waals surface area contributed by atoms with Crippen LogP contribution in [0.4, 0.5) is 11.5 Å². The number of nitrogen functional groups attached to an aromatic ring is 1. The molecule has 3 heterocycles. The molecule has 2 aliphatic heterocycles. The molecule has 5 rings (SSSR count). The number of anilines is 2. The van der Waals surface area contributed by atoms with Gasteiger partial charge in [0.15, 0.2) is 0 Å². The Morgan fingerprint density at radius 3 is 2.58 bits per heavy atom. The van der Waals surface area contributed by atoms with E-state index in [2.05, 4.69) is 77.6 Å². The molecule has 3 aromatic rings. The third-order valence-corrected chi connectivity index (χ3v) is 6.47. The Balaban J connectivity index is 1.40. The van der Waals surface area contributed by atoms with Crippen LogP contribution in [0.25, 0.3) is 22.3 Å². The first-order chi connectivity index (χ1) is 15.1. The monoisotopic (exact) mass is 414 g/mol. The smallest absolute Gasteiger partial charge is 0.131 e. The summed E-state index contributed by atoms with van der Waals surface area (Å²) in [5.41, 5.74) is 14.6. The minimum atomic E-state index is 0.291. The summed E-state index contributed by atoms with van der Waals surface area (Å²) < 4.78 is 5.91. The van der Waals surface area contributed by atoms with E-state index in [1.165, 1.54) is 16.8 Å². The van der Waals surface area contributed by atoms with Crippen molar-refractivity contribution in [2.24, 2.45) is 5.92 Å². The molecule has 0 saturated carbocycles. The van der Waals surface area contributed by atoms with E-state index in [1.54, 1.807) is 0 Å². The van der Waals surface area contributed by atoms with Gasteiger partial charge in [-0.05, 0) is 52.4 Å². The molecule has 1 aromatic heterocycles. The maximum Gasteiger partial charge on any atom is 0.131 e. The molecule has 2 aliphatic rings. The Hall–Kier alpha value is -2.89. The molecule has 5 heteroatoms. The first-order valence-electron chi connectivity index (χ1n) is 11.1. The zero-order valence-corrected chi connectivity index (χ0v) is 18.3. The maximum atomic E-state index is 6.26. The van der Waals surface area contributed by atoms with Crippen LogP contribution in [0, 0.1) is 5.92 Å². The van der Waals surface area contributed by atoms with Gasteiger partial charge < -0.3 is 20.7 Å². The maximum absolute atomic E-state index is 6.26. The molecule has 0 radical (unpaired) electrons. The summed E-state index contributed by atoms with van der Waals surface area (Å²) >= 11 is 0. The zero-order chi connectivity index (χ0) is 21.4. The van der Waals surface area contributed by atoms with Crippen molar-refractivity contribution in [1.29, 1.82) is 0 Å². The van der Waals surface area contributed by atoms with Gasteiger partial charge in [-0.2, -0.15) is 0 Å². The lowest BCUT2D eigenvalue weighted by Crippen LogP contribution is -2.44. The Morgan fingerprint density at radius 1 is 1.00 bits per heavy atom. The number of morpholine rings is 1. The van der Waals surface area contributed by atoms with Crippen LogP contribution in [-0.2, 0) is 17.8 Å². The van der Waals surface area contributed by atoms with Gasteiger partial charge in [-0.3, -0.25) is 0 Å². The number of hydrogen-bond donors (Lipinski definition) is 2. The molecule has 1 saturated heterocycles. The van der Waals surface area contributed by atoms with E-state index >= 15 is 0 Å². The van der Waals surface area contributed by atoms with Crippen molar-refractivity contribution < 1.29 is 4.74 Å². The van der Waals surface area contributed by atoms with Crippen molar-refractivity contribution in [1.82, 2.24) is 10.3 Å². The average Bonchev–Trinajstić information content (AvgIpc) is 3.27. The standard InChI is InChI=1S/C26H30N4O/c1-17(2)25-16-30(9-10-31-25)23-7-5-18(6-8-23)22-12-24(26(27)29-15-22)19-3-4-20-13-28-14-21(20)11-19/h3-8,11-12,15,17,25,28H,9-10,13-14,16H2,1-2H3,(H2,27,29). The predicted octanol–water partition coefficient (Wildman–Crippen LogP) is 4.46. The molecule has 3 N–H and O–H groups in total. The van der Waals surface area contributed by atoms with Crippen molar-refractivity contribution in [3.8, 4) is 22.3 Å². The van der Waals surface area contributed by atoms with Gasteiger partial charge in [-0.1, -0.05) is 38.1 Å². The molecular weight excluding hydrogens is 384 g/mol. The summed E-state index contributed by atoms with van der Waals surface area (Å²) in [6.45, 7) is 8.96. The molecule has 0 aliphatic carbocycles. The highest BCUT2D eigenvalue weighted by molar-refractivity contribution is 5.80. The molecule has 0 amide bonds. The molecule has 0 bridgehead atoms. The summed E-state index contributed by atoms with van der Waals surface area (Å²) in [6, 6.07) is 17.5. The van der Waals surface area contributed by atoms with Gasteiger partial charge in [0.25, 0.3) is 0 Å². The second-order valence-electron chi connectivity index (χ2n) is 8.89. The summed E-state index contributed by atoms with van der Waals surface area (Å²) in [5, 5.41) is 3.40. The Labute approximate surface area is 184 Å². The Morgan fingerprint density at radius 2 is 1.77 bits per heavy atom. The van der Waals surface area contributed by atoms with Crippen LogP contribution in [0.3, 0.4) is 0 Å². The fourth-order valence-corrected chi connectivity index (χ4v) is 4.50. The zero-order valence-electron chi connectivity index (χ0n) is 18.3. The van der Waals surface area contributed by atoms with Crippen LogP contribution in [0.15, 0.2) is 54.7 Å². The van der Waals surface area contributed by atoms with Crippen molar-refractivity contribution in [3.63, 3.8) is 0 Å². The fraction of sp³-hybridized carbons (Fsp3) is 0.346. The summed E-state index contributed by atoms with van der Waals surface area (Å²) in [7, 11) is 0. The van der Waals surface area contributed by atoms with E-state index in [4.69, 9.17) is 10.5 Å². The first kappa shape index (κ1) is 20.0. The number of benzene rings is 2. The Kier molecular flexibility index (Phi) is 5.38. The van der Waals surface area contributed by atoms with Crippen LogP contribution in [0.5, 0.6) is 0 Å². The van der Waals surface area contributed by atoms with E-state index < -0.39 is 0 Å². The fourth-order valence-electron chi connectivity index (χ4n) is 4.50. The highest BCUT2D eigenvalue weighted by Crippen LogP contribution is 2.32. The van der Waals surface area contributed by atoms with E-state index in [9.17, 15) is 0 Å². The largest absolute Gasteiger partial charge is 0.383 e. The molecular formula is C26H30N4O. The van der Waals surface area contributed by atoms with Gasteiger partial charge in [-0.15, -0.1) is 0 Å². The SMILES string of the molecule is CC(C)C1CN(c2ccc(-c3cnc(N)c(-c4ccc5c(c4)CNC5)c3)cc2)CCO1. The quantitative estimate of drug-likeness (QED) is 0.660. The summed E-state index contributed by atoms with van der Waals surface area (Å²) in [5.74, 6) is 1.09. The molecule has 1 atom stereocenters. The number of hydrogen-bond acceptors (Lipinski definition) is 5. The van der Waals surface area contributed by atoms with Gasteiger partial charge in [0.05, 0.1) is 12.7 Å². The van der Waals surface area contributed by atoms with E-state index in [-0.39, 0.29) is 0 Å². The van der Waals surface area contributed by atoms with Crippen LogP contribution in [0.1, 0.15) is 25.0 Å². The number of pyridine rings is 1. The number of nitrogens with one attached hydrogen (secondary N) is 1. The predicted molar refractivity (Wildman–Crippen MR) is 127 cm³/mol. The molecule has 1 unspecified atom stereocenters. The second kappa shape index (κ2) is 8.33. The minimum Gasteiger partial charge on any atom is -0.383 e. The van der Waals surface area contributed by atoms with Crippen molar-refractivity contribution in [2.45, 2.75) is 33.0 Å². The lowest BCUT2D eigenvalue weighted by atomic mass is 9.98. The van der Waals surface area contributed by atoms with Gasteiger partial charge >= 0.3 is 0 Å². The van der Waals surface area contributed by atoms with Gasteiger partial charge in [0, 0.05) is 49.2 Å². The molecule has 160 valence electrons. The number of nitrogens with two attached hydrogens (primary N) is 1. The van der Waals surface area contributed by atoms with Crippen LogP contribution in [-0.4, -0.2) is 30.8 Å². The topological polar surface area (TPSA) is 63.4 Å². The Bertz CT molecular complexity index is 1080. The summed E-state index contributed by atoms with van der Waals surface area (Å²) in [4.78, 5) is 6.92. The normalized spacial score (nSPS) is 18.4. The number of ether oxygens (including phenoxy) is 1. The molecule has 0 spiro atoms. The van der Waals surface area contributed by atoms with Crippen molar-refractivity contribution >= 4 is 11.5 Å².